The van der Waals surface area contributed by atoms with Crippen molar-refractivity contribution in [3.63, 3.8) is 0 Å². The van der Waals surface area contributed by atoms with Crippen molar-refractivity contribution in [2.45, 2.75) is 57.3 Å². The Bertz CT molecular complexity index is 1130. The second-order valence-corrected chi connectivity index (χ2v) is 9.29. The molecule has 0 bridgehead atoms. The fourth-order valence-electron chi connectivity index (χ4n) is 5.12. The molecule has 1 saturated carbocycles. The van der Waals surface area contributed by atoms with Crippen LogP contribution in [0.4, 0.5) is 0 Å². The number of nitrogens with zero attached hydrogens (tertiary/aromatic N) is 3. The number of ether oxygens (including phenoxy) is 2. The topological polar surface area (TPSA) is 78.3 Å². The lowest BCUT2D eigenvalue weighted by atomic mass is 9.69. The van der Waals surface area contributed by atoms with E-state index in [1.54, 1.807) is 17.1 Å². The molecule has 0 spiro atoms. The molecule has 2 aliphatic rings. The quantitative estimate of drug-likeness (QED) is 0.591. The predicted octanol–water partition coefficient (Wildman–Crippen LogP) is 4.75. The molecular formula is C26H30N4O3. The summed E-state index contributed by atoms with van der Waals surface area (Å²) in [7, 11) is 0. The van der Waals surface area contributed by atoms with Crippen LogP contribution in [0.25, 0.3) is 5.82 Å². The molecule has 1 N–H and O–H groups in total. The van der Waals surface area contributed by atoms with Crippen molar-refractivity contribution in [1.82, 2.24) is 20.1 Å². The summed E-state index contributed by atoms with van der Waals surface area (Å²) in [6.07, 6.45) is 9.01. The molecule has 1 aliphatic carbocycles. The third kappa shape index (κ3) is 4.08. The first-order valence-corrected chi connectivity index (χ1v) is 11.7. The van der Waals surface area contributed by atoms with Gasteiger partial charge in [0.1, 0.15) is 0 Å². The summed E-state index contributed by atoms with van der Waals surface area (Å²) in [5, 5.41) is 7.75. The van der Waals surface area contributed by atoms with Gasteiger partial charge in [0.2, 0.25) is 6.79 Å². The molecule has 172 valence electrons. The third-order valence-corrected chi connectivity index (χ3v) is 6.85. The lowest BCUT2D eigenvalue weighted by molar-refractivity contribution is 0.0935. The molecule has 3 heterocycles. The van der Waals surface area contributed by atoms with E-state index in [1.807, 2.05) is 24.3 Å². The number of rotatable bonds is 6. The zero-order chi connectivity index (χ0) is 22.8. The maximum absolute atomic E-state index is 13.4. The van der Waals surface area contributed by atoms with Crippen molar-refractivity contribution in [2.24, 2.45) is 0 Å². The van der Waals surface area contributed by atoms with E-state index >= 15 is 0 Å². The van der Waals surface area contributed by atoms with Gasteiger partial charge in [-0.15, -0.1) is 0 Å². The van der Waals surface area contributed by atoms with Crippen LogP contribution in [-0.4, -0.2) is 34.0 Å². The average Bonchev–Trinajstić information content (AvgIpc) is 3.50. The first-order chi connectivity index (χ1) is 16.1. The SMILES string of the molecule is CC(C)c1c(C(=O)NCC2(c3ccc4c(c3)OCO4)CCCCC2)cnn1-c1ccccn1. The molecule has 33 heavy (non-hydrogen) atoms. The van der Waals surface area contributed by atoms with E-state index in [4.69, 9.17) is 9.47 Å². The second-order valence-electron chi connectivity index (χ2n) is 9.29. The van der Waals surface area contributed by atoms with Gasteiger partial charge in [0.15, 0.2) is 17.3 Å². The van der Waals surface area contributed by atoms with Gasteiger partial charge in [0, 0.05) is 18.2 Å². The Morgan fingerprint density at radius 2 is 1.94 bits per heavy atom. The predicted molar refractivity (Wildman–Crippen MR) is 125 cm³/mol. The molecule has 1 aliphatic heterocycles. The molecule has 7 heteroatoms. The fraction of sp³-hybridized carbons (Fsp3) is 0.423. The number of nitrogens with one attached hydrogen (secondary N) is 1. The Morgan fingerprint density at radius 1 is 1.12 bits per heavy atom. The number of benzene rings is 1. The smallest absolute Gasteiger partial charge is 0.254 e. The number of hydrogen-bond acceptors (Lipinski definition) is 5. The van der Waals surface area contributed by atoms with E-state index in [9.17, 15) is 4.79 Å². The Kier molecular flexibility index (Phi) is 5.79. The summed E-state index contributed by atoms with van der Waals surface area (Å²) in [4.78, 5) is 17.8. The van der Waals surface area contributed by atoms with Gasteiger partial charge < -0.3 is 14.8 Å². The van der Waals surface area contributed by atoms with Gasteiger partial charge in [-0.3, -0.25) is 4.79 Å². The molecule has 0 unspecified atom stereocenters. The largest absolute Gasteiger partial charge is 0.454 e. The highest BCUT2D eigenvalue weighted by molar-refractivity contribution is 5.95. The van der Waals surface area contributed by atoms with Crippen LogP contribution in [-0.2, 0) is 5.41 Å². The van der Waals surface area contributed by atoms with Crippen molar-refractivity contribution in [3.05, 3.63) is 65.6 Å². The number of hydrogen-bond donors (Lipinski definition) is 1. The number of aromatic nitrogens is 3. The number of amides is 1. The van der Waals surface area contributed by atoms with Crippen LogP contribution >= 0.6 is 0 Å². The molecule has 0 atom stereocenters. The minimum absolute atomic E-state index is 0.0911. The van der Waals surface area contributed by atoms with Crippen LogP contribution < -0.4 is 14.8 Å². The van der Waals surface area contributed by atoms with Crippen LogP contribution in [0.15, 0.2) is 48.8 Å². The summed E-state index contributed by atoms with van der Waals surface area (Å²) in [5.74, 6) is 2.32. The lowest BCUT2D eigenvalue weighted by Crippen LogP contribution is -2.42. The molecule has 0 saturated heterocycles. The summed E-state index contributed by atoms with van der Waals surface area (Å²) in [6, 6.07) is 11.9. The van der Waals surface area contributed by atoms with E-state index in [-0.39, 0.29) is 24.0 Å². The van der Waals surface area contributed by atoms with E-state index in [2.05, 4.69) is 41.4 Å². The third-order valence-electron chi connectivity index (χ3n) is 6.85. The molecule has 1 fully saturated rings. The van der Waals surface area contributed by atoms with Gasteiger partial charge in [-0.25, -0.2) is 9.67 Å². The first-order valence-electron chi connectivity index (χ1n) is 11.7. The fourth-order valence-corrected chi connectivity index (χ4v) is 5.12. The van der Waals surface area contributed by atoms with Crippen molar-refractivity contribution in [3.8, 4) is 17.3 Å². The van der Waals surface area contributed by atoms with Gasteiger partial charge in [-0.2, -0.15) is 5.10 Å². The minimum atomic E-state index is -0.107. The molecular weight excluding hydrogens is 416 g/mol. The van der Waals surface area contributed by atoms with Crippen molar-refractivity contribution >= 4 is 5.91 Å². The highest BCUT2D eigenvalue weighted by atomic mass is 16.7. The summed E-state index contributed by atoms with van der Waals surface area (Å²) >= 11 is 0. The highest BCUT2D eigenvalue weighted by Crippen LogP contribution is 2.43. The molecule has 3 aromatic rings. The Morgan fingerprint density at radius 3 is 2.70 bits per heavy atom. The number of fused-ring (bicyclic) bond motifs is 1. The maximum Gasteiger partial charge on any atom is 0.254 e. The Hall–Kier alpha value is -3.35. The van der Waals surface area contributed by atoms with Gasteiger partial charge in [-0.05, 0) is 48.6 Å². The molecule has 7 nitrogen and oxygen atoms in total. The highest BCUT2D eigenvalue weighted by Gasteiger charge is 2.36. The van der Waals surface area contributed by atoms with Crippen LogP contribution in [0.1, 0.15) is 73.5 Å². The Labute approximate surface area is 194 Å². The maximum atomic E-state index is 13.4. The van der Waals surface area contributed by atoms with Gasteiger partial charge >= 0.3 is 0 Å². The van der Waals surface area contributed by atoms with Crippen LogP contribution in [0, 0.1) is 0 Å². The van der Waals surface area contributed by atoms with Crippen LogP contribution in [0.5, 0.6) is 11.5 Å². The van der Waals surface area contributed by atoms with Crippen molar-refractivity contribution in [1.29, 1.82) is 0 Å². The van der Waals surface area contributed by atoms with E-state index in [1.165, 1.54) is 12.0 Å². The zero-order valence-corrected chi connectivity index (χ0v) is 19.2. The number of pyridine rings is 1. The summed E-state index contributed by atoms with van der Waals surface area (Å²) < 4.78 is 12.9. The molecule has 1 aromatic carbocycles. The van der Waals surface area contributed by atoms with Gasteiger partial charge in [-0.1, -0.05) is 45.2 Å². The zero-order valence-electron chi connectivity index (χ0n) is 19.2. The molecule has 0 radical (unpaired) electrons. The van der Waals surface area contributed by atoms with E-state index < -0.39 is 0 Å². The van der Waals surface area contributed by atoms with E-state index in [0.29, 0.717) is 17.9 Å². The lowest BCUT2D eigenvalue weighted by Gasteiger charge is -2.38. The average molecular weight is 447 g/mol. The number of carbonyl (C=O) groups excluding carboxylic acids is 1. The monoisotopic (exact) mass is 446 g/mol. The van der Waals surface area contributed by atoms with Gasteiger partial charge in [0.05, 0.1) is 17.5 Å². The molecule has 2 aromatic heterocycles. The van der Waals surface area contributed by atoms with Crippen LogP contribution in [0.2, 0.25) is 0 Å². The van der Waals surface area contributed by atoms with Crippen molar-refractivity contribution < 1.29 is 14.3 Å². The first kappa shape index (κ1) is 21.5. The normalized spacial score (nSPS) is 16.7. The molecule has 1 amide bonds. The van der Waals surface area contributed by atoms with Crippen molar-refractivity contribution in [2.75, 3.05) is 13.3 Å². The Balaban J connectivity index is 1.41. The van der Waals surface area contributed by atoms with Gasteiger partial charge in [0.25, 0.3) is 5.91 Å². The molecule has 5 rings (SSSR count). The van der Waals surface area contributed by atoms with E-state index in [0.717, 1.165) is 42.9 Å². The second kappa shape index (κ2) is 8.89. The summed E-state index contributed by atoms with van der Waals surface area (Å²) in [5.41, 5.74) is 2.57. The number of carbonyl (C=O) groups is 1. The summed E-state index contributed by atoms with van der Waals surface area (Å²) in [6.45, 7) is 4.99. The standard InChI is InChI=1S/C26H30N4O3/c1-18(2)24-20(15-29-30(24)23-8-4-7-13-27-23)25(31)28-16-26(11-5-3-6-12-26)19-9-10-21-22(14-19)33-17-32-21/h4,7-10,13-15,18H,3,5-6,11-12,16-17H2,1-2H3,(H,28,31). The minimum Gasteiger partial charge on any atom is -0.454 e. The van der Waals surface area contributed by atoms with Crippen LogP contribution in [0.3, 0.4) is 0 Å².